The average Bonchev–Trinajstić information content (AvgIpc) is 3.03. The van der Waals surface area contributed by atoms with Gasteiger partial charge >= 0.3 is 0 Å². The Hall–Kier alpha value is -2.90. The van der Waals surface area contributed by atoms with Gasteiger partial charge in [-0.1, -0.05) is 6.92 Å². The van der Waals surface area contributed by atoms with Crippen molar-refractivity contribution >= 4 is 22.9 Å². The van der Waals surface area contributed by atoms with Gasteiger partial charge in [0.25, 0.3) is 5.69 Å². The normalized spacial score (nSPS) is 22.0. The lowest BCUT2D eigenvalue weighted by Crippen LogP contribution is -2.53. The SMILES string of the molecule is C[C@@H]1CCc2ncnc(N3CCN(c4ccc([N+](=O)[O-])cc4N)C[C@@H]3C)c21. The van der Waals surface area contributed by atoms with Crippen molar-refractivity contribution in [2.75, 3.05) is 35.2 Å². The molecular weight excluding hydrogens is 344 g/mol. The van der Waals surface area contributed by atoms with Crippen molar-refractivity contribution < 1.29 is 4.92 Å². The third kappa shape index (κ3) is 3.05. The maximum Gasteiger partial charge on any atom is 0.271 e. The fraction of sp³-hybridized carbons (Fsp3) is 0.474. The molecule has 2 aromatic rings. The van der Waals surface area contributed by atoms with E-state index >= 15 is 0 Å². The monoisotopic (exact) mass is 368 g/mol. The second-order valence-electron chi connectivity index (χ2n) is 7.49. The number of nitrogens with zero attached hydrogens (tertiary/aromatic N) is 5. The lowest BCUT2D eigenvalue weighted by Gasteiger charge is -2.42. The minimum atomic E-state index is -0.419. The van der Waals surface area contributed by atoms with Crippen LogP contribution in [-0.4, -0.2) is 40.6 Å². The summed E-state index contributed by atoms with van der Waals surface area (Å²) in [5, 5.41) is 10.9. The van der Waals surface area contributed by atoms with E-state index in [-0.39, 0.29) is 11.7 Å². The molecule has 0 unspecified atom stereocenters. The quantitative estimate of drug-likeness (QED) is 0.505. The number of piperazine rings is 1. The van der Waals surface area contributed by atoms with Gasteiger partial charge in [-0.3, -0.25) is 10.1 Å². The van der Waals surface area contributed by atoms with E-state index in [9.17, 15) is 10.1 Å². The van der Waals surface area contributed by atoms with Crippen molar-refractivity contribution in [1.29, 1.82) is 0 Å². The molecule has 1 aliphatic heterocycles. The van der Waals surface area contributed by atoms with Crippen LogP contribution in [0.3, 0.4) is 0 Å². The number of benzene rings is 1. The first kappa shape index (κ1) is 17.5. The molecular formula is C19H24N6O2. The summed E-state index contributed by atoms with van der Waals surface area (Å²) in [6, 6.07) is 4.95. The predicted molar refractivity (Wildman–Crippen MR) is 105 cm³/mol. The van der Waals surface area contributed by atoms with Crippen LogP contribution in [0.2, 0.25) is 0 Å². The van der Waals surface area contributed by atoms with Gasteiger partial charge in [-0.15, -0.1) is 0 Å². The van der Waals surface area contributed by atoms with Crippen LogP contribution in [0.1, 0.15) is 37.4 Å². The van der Waals surface area contributed by atoms with Gasteiger partial charge < -0.3 is 15.5 Å². The Balaban J connectivity index is 1.56. The van der Waals surface area contributed by atoms with Gasteiger partial charge in [-0.25, -0.2) is 9.97 Å². The summed E-state index contributed by atoms with van der Waals surface area (Å²) < 4.78 is 0. The summed E-state index contributed by atoms with van der Waals surface area (Å²) in [6.07, 6.45) is 3.84. The fourth-order valence-corrected chi connectivity index (χ4v) is 4.29. The van der Waals surface area contributed by atoms with Gasteiger partial charge in [0.15, 0.2) is 0 Å². The lowest BCUT2D eigenvalue weighted by atomic mass is 10.0. The number of aromatic nitrogens is 2. The number of nitro benzene ring substituents is 1. The highest BCUT2D eigenvalue weighted by molar-refractivity contribution is 5.71. The average molecular weight is 368 g/mol. The van der Waals surface area contributed by atoms with E-state index in [2.05, 4.69) is 33.6 Å². The molecule has 1 aromatic carbocycles. The summed E-state index contributed by atoms with van der Waals surface area (Å²) in [6.45, 7) is 6.83. The highest BCUT2D eigenvalue weighted by Gasteiger charge is 2.32. The van der Waals surface area contributed by atoms with Crippen molar-refractivity contribution in [3.8, 4) is 0 Å². The highest BCUT2D eigenvalue weighted by atomic mass is 16.6. The number of nitro groups is 1. The van der Waals surface area contributed by atoms with E-state index < -0.39 is 4.92 Å². The van der Waals surface area contributed by atoms with Crippen LogP contribution < -0.4 is 15.5 Å². The Morgan fingerprint density at radius 1 is 1.26 bits per heavy atom. The number of aryl methyl sites for hydroxylation is 1. The Morgan fingerprint density at radius 2 is 2.07 bits per heavy atom. The zero-order valence-electron chi connectivity index (χ0n) is 15.6. The number of non-ortho nitro benzene ring substituents is 1. The number of anilines is 3. The van der Waals surface area contributed by atoms with Crippen LogP contribution in [0.25, 0.3) is 0 Å². The van der Waals surface area contributed by atoms with Gasteiger partial charge in [0.1, 0.15) is 12.1 Å². The van der Waals surface area contributed by atoms with E-state index in [1.165, 1.54) is 23.4 Å². The molecule has 0 spiro atoms. The molecule has 4 rings (SSSR count). The first-order valence-corrected chi connectivity index (χ1v) is 9.35. The zero-order valence-corrected chi connectivity index (χ0v) is 15.6. The van der Waals surface area contributed by atoms with Crippen LogP contribution in [0.5, 0.6) is 0 Å². The Bertz CT molecular complexity index is 886. The van der Waals surface area contributed by atoms with Gasteiger partial charge in [-0.05, 0) is 31.7 Å². The van der Waals surface area contributed by atoms with Gasteiger partial charge in [0.2, 0.25) is 0 Å². The van der Waals surface area contributed by atoms with E-state index in [0.717, 1.165) is 44.0 Å². The second kappa shape index (κ2) is 6.68. The van der Waals surface area contributed by atoms with E-state index in [0.29, 0.717) is 11.6 Å². The van der Waals surface area contributed by atoms with Crippen LogP contribution >= 0.6 is 0 Å². The molecule has 2 aliphatic rings. The summed E-state index contributed by atoms with van der Waals surface area (Å²) in [7, 11) is 0. The molecule has 8 heteroatoms. The van der Waals surface area contributed by atoms with Crippen molar-refractivity contribution in [3.63, 3.8) is 0 Å². The third-order valence-corrected chi connectivity index (χ3v) is 5.71. The third-order valence-electron chi connectivity index (χ3n) is 5.71. The number of hydrogen-bond donors (Lipinski definition) is 1. The second-order valence-corrected chi connectivity index (χ2v) is 7.49. The molecule has 1 saturated heterocycles. The van der Waals surface area contributed by atoms with E-state index in [4.69, 9.17) is 5.73 Å². The van der Waals surface area contributed by atoms with Crippen molar-refractivity contribution in [2.45, 2.75) is 38.6 Å². The maximum absolute atomic E-state index is 10.9. The molecule has 1 fully saturated rings. The molecule has 2 heterocycles. The number of hydrogen-bond acceptors (Lipinski definition) is 7. The molecule has 0 bridgehead atoms. The Kier molecular flexibility index (Phi) is 4.33. The van der Waals surface area contributed by atoms with Gasteiger partial charge in [-0.2, -0.15) is 0 Å². The number of nitrogens with two attached hydrogens (primary N) is 1. The van der Waals surface area contributed by atoms with E-state index in [1.807, 2.05) is 0 Å². The zero-order chi connectivity index (χ0) is 19.1. The predicted octanol–water partition coefficient (Wildman–Crippen LogP) is 2.73. The van der Waals surface area contributed by atoms with Gasteiger partial charge in [0, 0.05) is 49.1 Å². The largest absolute Gasteiger partial charge is 0.397 e. The molecule has 2 atom stereocenters. The fourth-order valence-electron chi connectivity index (χ4n) is 4.29. The Morgan fingerprint density at radius 3 is 2.78 bits per heavy atom. The first-order valence-electron chi connectivity index (χ1n) is 9.35. The van der Waals surface area contributed by atoms with E-state index in [1.54, 1.807) is 12.4 Å². The van der Waals surface area contributed by atoms with Crippen molar-refractivity contribution in [2.24, 2.45) is 0 Å². The molecule has 27 heavy (non-hydrogen) atoms. The Labute approximate surface area is 158 Å². The standard InChI is InChI=1S/C19H24N6O2/c1-12-3-5-16-18(12)19(22-11-21-16)24-8-7-23(10-13(24)2)17-6-4-14(25(26)27)9-15(17)20/h4,6,9,11-13H,3,5,7-8,10,20H2,1-2H3/t12-,13+/m1/s1. The lowest BCUT2D eigenvalue weighted by molar-refractivity contribution is -0.384. The minimum Gasteiger partial charge on any atom is -0.397 e. The van der Waals surface area contributed by atoms with Crippen LogP contribution in [0.4, 0.5) is 22.9 Å². The van der Waals surface area contributed by atoms with Crippen LogP contribution in [0.15, 0.2) is 24.5 Å². The molecule has 1 aliphatic carbocycles. The smallest absolute Gasteiger partial charge is 0.271 e. The molecule has 0 saturated carbocycles. The van der Waals surface area contributed by atoms with Gasteiger partial charge in [0.05, 0.1) is 16.3 Å². The maximum atomic E-state index is 10.9. The van der Waals surface area contributed by atoms with Crippen molar-refractivity contribution in [3.05, 3.63) is 45.9 Å². The summed E-state index contributed by atoms with van der Waals surface area (Å²) in [4.78, 5) is 24.2. The molecule has 8 nitrogen and oxygen atoms in total. The van der Waals surface area contributed by atoms with Crippen molar-refractivity contribution in [1.82, 2.24) is 9.97 Å². The molecule has 1 aromatic heterocycles. The summed E-state index contributed by atoms with van der Waals surface area (Å²) in [5.41, 5.74) is 9.90. The van der Waals surface area contributed by atoms with Crippen LogP contribution in [-0.2, 0) is 6.42 Å². The minimum absolute atomic E-state index is 0.0217. The summed E-state index contributed by atoms with van der Waals surface area (Å²) >= 11 is 0. The molecule has 142 valence electrons. The summed E-state index contributed by atoms with van der Waals surface area (Å²) in [5.74, 6) is 1.56. The number of nitrogen functional groups attached to an aromatic ring is 1. The molecule has 0 radical (unpaired) electrons. The van der Waals surface area contributed by atoms with Crippen LogP contribution in [0, 0.1) is 10.1 Å². The topological polar surface area (TPSA) is 101 Å². The number of fused-ring (bicyclic) bond motifs is 1. The molecule has 0 amide bonds. The first-order chi connectivity index (χ1) is 13.0. The highest BCUT2D eigenvalue weighted by Crippen LogP contribution is 2.38. The molecule has 2 N–H and O–H groups in total. The number of rotatable bonds is 3.